The average Bonchev–Trinajstić information content (AvgIpc) is 3.05. The standard InChI is InChI=1S/C16H16ClN5O2/c1-23-10-2-3-11-14(8-10)24-21-16(11)22-7-6-18-9-13(22)15-12(17)4-5-19-20-15/h2-5,8,13,18H,6-7,9H2,1H3. The monoisotopic (exact) mass is 345 g/mol. The molecule has 0 spiro atoms. The molecule has 1 aliphatic heterocycles. The van der Waals surface area contributed by atoms with Gasteiger partial charge in [-0.1, -0.05) is 16.8 Å². The maximum absolute atomic E-state index is 6.32. The number of hydrogen-bond acceptors (Lipinski definition) is 7. The summed E-state index contributed by atoms with van der Waals surface area (Å²) in [5.74, 6) is 1.51. The second-order valence-electron chi connectivity index (χ2n) is 5.55. The van der Waals surface area contributed by atoms with E-state index in [9.17, 15) is 0 Å². The summed E-state index contributed by atoms with van der Waals surface area (Å²) in [7, 11) is 1.63. The van der Waals surface area contributed by atoms with Gasteiger partial charge in [0.1, 0.15) is 11.4 Å². The van der Waals surface area contributed by atoms with Crippen LogP contribution in [0.15, 0.2) is 35.0 Å². The second-order valence-corrected chi connectivity index (χ2v) is 5.95. The number of ether oxygens (including phenoxy) is 1. The third-order valence-corrected chi connectivity index (χ3v) is 4.51. The van der Waals surface area contributed by atoms with Crippen LogP contribution < -0.4 is 15.0 Å². The first-order chi connectivity index (χ1) is 11.8. The lowest BCUT2D eigenvalue weighted by Crippen LogP contribution is -2.46. The Hall–Kier alpha value is -2.38. The predicted molar refractivity (Wildman–Crippen MR) is 90.6 cm³/mol. The Morgan fingerprint density at radius 1 is 1.38 bits per heavy atom. The first-order valence-electron chi connectivity index (χ1n) is 7.66. The highest BCUT2D eigenvalue weighted by atomic mass is 35.5. The van der Waals surface area contributed by atoms with E-state index in [0.717, 1.165) is 35.7 Å². The van der Waals surface area contributed by atoms with Gasteiger partial charge in [-0.2, -0.15) is 10.2 Å². The molecule has 3 aromatic rings. The Bertz CT molecular complexity index is 869. The van der Waals surface area contributed by atoms with Gasteiger partial charge in [0.2, 0.25) is 0 Å². The second kappa shape index (κ2) is 6.26. The first kappa shape index (κ1) is 15.2. The van der Waals surface area contributed by atoms with E-state index in [-0.39, 0.29) is 6.04 Å². The Morgan fingerprint density at radius 2 is 2.29 bits per heavy atom. The SMILES string of the molecule is COc1ccc2c(N3CCNCC3c3nnccc3Cl)noc2c1. The number of rotatable bonds is 3. The van der Waals surface area contributed by atoms with Gasteiger partial charge in [0.15, 0.2) is 11.4 Å². The van der Waals surface area contributed by atoms with Gasteiger partial charge in [-0.3, -0.25) is 0 Å². The van der Waals surface area contributed by atoms with Crippen molar-refractivity contribution in [2.45, 2.75) is 6.04 Å². The minimum atomic E-state index is -0.0599. The molecule has 1 atom stereocenters. The predicted octanol–water partition coefficient (Wildman–Crippen LogP) is 2.43. The highest BCUT2D eigenvalue weighted by molar-refractivity contribution is 6.31. The Labute approximate surface area is 143 Å². The van der Waals surface area contributed by atoms with Gasteiger partial charge in [-0.25, -0.2) is 0 Å². The van der Waals surface area contributed by atoms with Crippen LogP contribution in [0.1, 0.15) is 11.7 Å². The van der Waals surface area contributed by atoms with E-state index < -0.39 is 0 Å². The van der Waals surface area contributed by atoms with E-state index >= 15 is 0 Å². The summed E-state index contributed by atoms with van der Waals surface area (Å²) < 4.78 is 10.7. The summed E-state index contributed by atoms with van der Waals surface area (Å²) in [6.07, 6.45) is 1.59. The third-order valence-electron chi connectivity index (χ3n) is 4.19. The summed E-state index contributed by atoms with van der Waals surface area (Å²) >= 11 is 6.32. The normalized spacial score (nSPS) is 18.1. The number of aromatic nitrogens is 3. The molecule has 1 aromatic carbocycles. The Kier molecular flexibility index (Phi) is 3.95. The van der Waals surface area contributed by atoms with Crippen LogP contribution in [-0.2, 0) is 0 Å². The van der Waals surface area contributed by atoms with E-state index in [4.69, 9.17) is 20.9 Å². The van der Waals surface area contributed by atoms with Crippen LogP contribution in [0.25, 0.3) is 11.0 Å². The van der Waals surface area contributed by atoms with Crippen LogP contribution in [0.4, 0.5) is 5.82 Å². The number of nitrogens with one attached hydrogen (secondary N) is 1. The number of nitrogens with zero attached hydrogens (tertiary/aromatic N) is 4. The molecule has 4 rings (SSSR count). The van der Waals surface area contributed by atoms with E-state index in [1.807, 2.05) is 18.2 Å². The fourth-order valence-electron chi connectivity index (χ4n) is 2.99. The van der Waals surface area contributed by atoms with E-state index in [1.54, 1.807) is 19.4 Å². The van der Waals surface area contributed by atoms with Gasteiger partial charge < -0.3 is 19.5 Å². The van der Waals surface area contributed by atoms with Crippen molar-refractivity contribution in [1.29, 1.82) is 0 Å². The number of anilines is 1. The van der Waals surface area contributed by atoms with Crippen molar-refractivity contribution in [1.82, 2.24) is 20.7 Å². The molecule has 2 aromatic heterocycles. The highest BCUT2D eigenvalue weighted by Gasteiger charge is 2.30. The summed E-state index contributed by atoms with van der Waals surface area (Å²) in [5, 5.41) is 17.4. The minimum Gasteiger partial charge on any atom is -0.497 e. The zero-order chi connectivity index (χ0) is 16.5. The lowest BCUT2D eigenvalue weighted by Gasteiger charge is -2.35. The van der Waals surface area contributed by atoms with Crippen LogP contribution in [0.2, 0.25) is 5.02 Å². The molecule has 0 amide bonds. The number of fused-ring (bicyclic) bond motifs is 1. The van der Waals surface area contributed by atoms with E-state index in [1.165, 1.54) is 0 Å². The molecule has 0 radical (unpaired) electrons. The van der Waals surface area contributed by atoms with Crippen LogP contribution in [0.3, 0.4) is 0 Å². The molecule has 1 unspecified atom stereocenters. The summed E-state index contributed by atoms with van der Waals surface area (Å²) in [6, 6.07) is 7.38. The van der Waals surface area contributed by atoms with Crippen molar-refractivity contribution < 1.29 is 9.26 Å². The van der Waals surface area contributed by atoms with Crippen molar-refractivity contribution in [2.75, 3.05) is 31.6 Å². The van der Waals surface area contributed by atoms with Gasteiger partial charge in [0.05, 0.1) is 29.8 Å². The molecule has 1 N–H and O–H groups in total. The van der Waals surface area contributed by atoms with Crippen molar-refractivity contribution in [3.05, 3.63) is 41.2 Å². The summed E-state index contributed by atoms with van der Waals surface area (Å²) in [6.45, 7) is 2.33. The third kappa shape index (κ3) is 2.55. The zero-order valence-electron chi connectivity index (χ0n) is 13.1. The summed E-state index contributed by atoms with van der Waals surface area (Å²) in [5.41, 5.74) is 1.42. The van der Waals surface area contributed by atoms with Crippen LogP contribution in [-0.4, -0.2) is 42.1 Å². The van der Waals surface area contributed by atoms with Gasteiger partial charge in [-0.05, 0) is 18.2 Å². The summed E-state index contributed by atoms with van der Waals surface area (Å²) in [4.78, 5) is 2.16. The maximum atomic E-state index is 6.32. The van der Waals surface area contributed by atoms with Gasteiger partial charge >= 0.3 is 0 Å². The Balaban J connectivity index is 1.77. The number of hydrogen-bond donors (Lipinski definition) is 1. The van der Waals surface area contributed by atoms with Crippen LogP contribution in [0, 0.1) is 0 Å². The smallest absolute Gasteiger partial charge is 0.180 e. The first-order valence-corrected chi connectivity index (χ1v) is 8.03. The molecule has 24 heavy (non-hydrogen) atoms. The average molecular weight is 346 g/mol. The Morgan fingerprint density at radius 3 is 3.12 bits per heavy atom. The molecule has 0 saturated carbocycles. The van der Waals surface area contributed by atoms with Crippen molar-refractivity contribution in [3.8, 4) is 5.75 Å². The number of benzene rings is 1. The van der Waals surface area contributed by atoms with Crippen molar-refractivity contribution in [2.24, 2.45) is 0 Å². The van der Waals surface area contributed by atoms with Crippen LogP contribution in [0.5, 0.6) is 5.75 Å². The molecule has 3 heterocycles. The number of methoxy groups -OCH3 is 1. The number of piperazine rings is 1. The lowest BCUT2D eigenvalue weighted by molar-refractivity contribution is 0.410. The van der Waals surface area contributed by atoms with Crippen molar-refractivity contribution in [3.63, 3.8) is 0 Å². The van der Waals surface area contributed by atoms with Crippen molar-refractivity contribution >= 4 is 28.4 Å². The maximum Gasteiger partial charge on any atom is 0.180 e. The molecule has 1 saturated heterocycles. The highest BCUT2D eigenvalue weighted by Crippen LogP contribution is 2.35. The number of halogens is 1. The van der Waals surface area contributed by atoms with Gasteiger partial charge in [0, 0.05) is 25.7 Å². The topological polar surface area (TPSA) is 76.3 Å². The fraction of sp³-hybridized carbons (Fsp3) is 0.312. The largest absolute Gasteiger partial charge is 0.497 e. The molecule has 0 aliphatic carbocycles. The van der Waals surface area contributed by atoms with E-state index in [2.05, 4.69) is 25.6 Å². The molecular formula is C16H16ClN5O2. The zero-order valence-corrected chi connectivity index (χ0v) is 13.8. The molecular weight excluding hydrogens is 330 g/mol. The van der Waals surface area contributed by atoms with Gasteiger partial charge in [0.25, 0.3) is 0 Å². The quantitative estimate of drug-likeness (QED) is 0.781. The molecule has 7 nitrogen and oxygen atoms in total. The molecule has 1 fully saturated rings. The van der Waals surface area contributed by atoms with Crippen LogP contribution >= 0.6 is 11.6 Å². The molecule has 0 bridgehead atoms. The van der Waals surface area contributed by atoms with Gasteiger partial charge in [-0.15, -0.1) is 0 Å². The fourth-order valence-corrected chi connectivity index (χ4v) is 3.21. The minimum absolute atomic E-state index is 0.0599. The molecule has 124 valence electrons. The lowest BCUT2D eigenvalue weighted by atomic mass is 10.1. The molecule has 8 heteroatoms. The molecule has 1 aliphatic rings. The van der Waals surface area contributed by atoms with E-state index in [0.29, 0.717) is 17.2 Å².